The summed E-state index contributed by atoms with van der Waals surface area (Å²) in [5.41, 5.74) is 2.31. The van der Waals surface area contributed by atoms with Gasteiger partial charge in [0.1, 0.15) is 17.1 Å². The molecule has 7 nitrogen and oxygen atoms in total. The van der Waals surface area contributed by atoms with Crippen LogP contribution in [0.5, 0.6) is 5.75 Å². The Hall–Kier alpha value is -3.39. The number of nitrogens with one attached hydrogen (secondary N) is 1. The molecule has 0 saturated heterocycles. The minimum absolute atomic E-state index is 0.166. The van der Waals surface area contributed by atoms with Gasteiger partial charge in [0.05, 0.1) is 7.11 Å². The van der Waals surface area contributed by atoms with Crippen molar-refractivity contribution >= 4 is 29.1 Å². The van der Waals surface area contributed by atoms with Crippen molar-refractivity contribution in [2.75, 3.05) is 12.4 Å². The summed E-state index contributed by atoms with van der Waals surface area (Å²) < 4.78 is 6.86. The van der Waals surface area contributed by atoms with Gasteiger partial charge in [-0.25, -0.2) is 4.98 Å². The maximum Gasteiger partial charge on any atom is 0.255 e. The molecule has 0 radical (unpaired) electrons. The summed E-state index contributed by atoms with van der Waals surface area (Å²) in [5.74, 6) is 1.15. The van der Waals surface area contributed by atoms with Crippen LogP contribution in [0.2, 0.25) is 0 Å². The van der Waals surface area contributed by atoms with Gasteiger partial charge in [-0.05, 0) is 61.0 Å². The van der Waals surface area contributed by atoms with E-state index in [0.29, 0.717) is 17.1 Å². The lowest BCUT2D eigenvalue weighted by atomic mass is 10.2. The predicted octanol–water partition coefficient (Wildman–Crippen LogP) is 4.49. The molecule has 2 aromatic carbocycles. The lowest BCUT2D eigenvalue weighted by Gasteiger charge is -2.09. The van der Waals surface area contributed by atoms with Crippen molar-refractivity contribution in [1.82, 2.24) is 19.6 Å². The van der Waals surface area contributed by atoms with E-state index < -0.39 is 0 Å². The highest BCUT2D eigenvalue weighted by molar-refractivity contribution is 7.99. The zero-order chi connectivity index (χ0) is 20.9. The van der Waals surface area contributed by atoms with Crippen molar-refractivity contribution in [3.63, 3.8) is 0 Å². The molecule has 4 aromatic rings. The number of benzene rings is 2. The van der Waals surface area contributed by atoms with E-state index in [-0.39, 0.29) is 5.91 Å². The van der Waals surface area contributed by atoms with Gasteiger partial charge in [-0.1, -0.05) is 25.1 Å². The molecule has 0 unspecified atom stereocenters. The van der Waals surface area contributed by atoms with Crippen LogP contribution in [0.15, 0.2) is 70.8 Å². The Balaban J connectivity index is 1.48. The number of ether oxygens (including phenoxy) is 1. The van der Waals surface area contributed by atoms with Crippen molar-refractivity contribution in [3.8, 4) is 5.75 Å². The summed E-state index contributed by atoms with van der Waals surface area (Å²) in [7, 11) is 1.60. The molecule has 8 heteroatoms. The molecule has 1 N–H and O–H groups in total. The van der Waals surface area contributed by atoms with E-state index in [1.54, 1.807) is 47.7 Å². The fourth-order valence-corrected chi connectivity index (χ4v) is 3.89. The van der Waals surface area contributed by atoms with Gasteiger partial charge < -0.3 is 10.1 Å². The van der Waals surface area contributed by atoms with Gasteiger partial charge in [0.25, 0.3) is 11.7 Å². The van der Waals surface area contributed by atoms with Gasteiger partial charge in [0.2, 0.25) is 0 Å². The molecule has 30 heavy (non-hydrogen) atoms. The maximum absolute atomic E-state index is 12.4. The van der Waals surface area contributed by atoms with E-state index in [9.17, 15) is 4.79 Å². The summed E-state index contributed by atoms with van der Waals surface area (Å²) in [5, 5.41) is 8.14. The number of aromatic nitrogens is 4. The number of nitrogens with zero attached hydrogens (tertiary/aromatic N) is 4. The van der Waals surface area contributed by atoms with E-state index in [2.05, 4.69) is 33.4 Å². The second-order valence-electron chi connectivity index (χ2n) is 6.62. The zero-order valence-electron chi connectivity index (χ0n) is 16.7. The van der Waals surface area contributed by atoms with E-state index in [1.165, 1.54) is 6.33 Å². The van der Waals surface area contributed by atoms with Crippen molar-refractivity contribution < 1.29 is 9.53 Å². The topological polar surface area (TPSA) is 81.4 Å². The Labute approximate surface area is 178 Å². The number of carbonyl (C=O) groups is 1. The molecule has 0 aliphatic rings. The number of hydrogen-bond acceptors (Lipinski definition) is 6. The first-order valence-corrected chi connectivity index (χ1v) is 10.4. The number of carbonyl (C=O) groups excluding carboxylic acids is 1. The molecule has 0 saturated carbocycles. The second-order valence-corrected chi connectivity index (χ2v) is 7.71. The highest BCUT2D eigenvalue weighted by Crippen LogP contribution is 2.29. The molecular formula is C22H21N5O2S. The van der Waals surface area contributed by atoms with Crippen molar-refractivity contribution in [2.45, 2.75) is 29.7 Å². The normalized spacial score (nSPS) is 10.9. The summed E-state index contributed by atoms with van der Waals surface area (Å²) >= 11 is 1.58. The lowest BCUT2D eigenvalue weighted by molar-refractivity contribution is 0.102. The summed E-state index contributed by atoms with van der Waals surface area (Å²) in [4.78, 5) is 22.2. The Bertz CT molecular complexity index is 1160. The number of anilines is 1. The van der Waals surface area contributed by atoms with Crippen molar-refractivity contribution in [2.24, 2.45) is 0 Å². The molecule has 1 amide bonds. The molecule has 0 aliphatic heterocycles. The lowest BCUT2D eigenvalue weighted by Crippen LogP contribution is -2.11. The zero-order valence-corrected chi connectivity index (χ0v) is 17.5. The number of fused-ring (bicyclic) bond motifs is 1. The molecule has 0 aliphatic carbocycles. The quantitative estimate of drug-likeness (QED) is 0.445. The molecule has 2 aromatic heterocycles. The van der Waals surface area contributed by atoms with Crippen LogP contribution >= 0.6 is 11.8 Å². The SMILES string of the molecule is CCCc1cc(Sc2ccc(NC(=O)c3ccc(OC)cc3)cc2)n2ncnc2n1. The van der Waals surface area contributed by atoms with Gasteiger partial charge in [-0.15, -0.1) is 0 Å². The standard InChI is InChI=1S/C22H21N5O2S/c1-3-4-17-13-20(27-22(26-17)23-14-24-27)30-19-11-7-16(8-12-19)25-21(28)15-5-9-18(29-2)10-6-15/h5-14H,3-4H2,1-2H3,(H,25,28). The fourth-order valence-electron chi connectivity index (χ4n) is 2.96. The predicted molar refractivity (Wildman–Crippen MR) is 116 cm³/mol. The Morgan fingerprint density at radius 2 is 1.90 bits per heavy atom. The number of aryl methyl sites for hydroxylation is 1. The van der Waals surface area contributed by atoms with Crippen LogP contribution in [0.1, 0.15) is 29.4 Å². The highest BCUT2D eigenvalue weighted by atomic mass is 32.2. The number of rotatable bonds is 7. The minimum atomic E-state index is -0.166. The molecular weight excluding hydrogens is 398 g/mol. The van der Waals surface area contributed by atoms with Crippen LogP contribution in [-0.4, -0.2) is 32.6 Å². The second kappa shape index (κ2) is 8.96. The number of amides is 1. The summed E-state index contributed by atoms with van der Waals surface area (Å²) in [6.45, 7) is 2.13. The first-order valence-electron chi connectivity index (χ1n) is 9.59. The van der Waals surface area contributed by atoms with Crippen molar-refractivity contribution in [3.05, 3.63) is 72.2 Å². The monoisotopic (exact) mass is 419 g/mol. The van der Waals surface area contributed by atoms with Crippen LogP contribution in [0.25, 0.3) is 5.78 Å². The Kier molecular flexibility index (Phi) is 5.94. The van der Waals surface area contributed by atoms with E-state index in [0.717, 1.165) is 34.1 Å². The first kappa shape index (κ1) is 19.9. The van der Waals surface area contributed by atoms with Crippen LogP contribution in [0, 0.1) is 0 Å². The minimum Gasteiger partial charge on any atom is -0.497 e. The van der Waals surface area contributed by atoms with Gasteiger partial charge in [-0.2, -0.15) is 14.6 Å². The maximum atomic E-state index is 12.4. The average molecular weight is 420 g/mol. The summed E-state index contributed by atoms with van der Waals surface area (Å²) in [6.07, 6.45) is 3.43. The van der Waals surface area contributed by atoms with Gasteiger partial charge in [0, 0.05) is 21.8 Å². The molecule has 2 heterocycles. The Morgan fingerprint density at radius 1 is 1.13 bits per heavy atom. The average Bonchev–Trinajstić information content (AvgIpc) is 3.24. The molecule has 0 bridgehead atoms. The van der Waals surface area contributed by atoms with Crippen LogP contribution in [0.4, 0.5) is 5.69 Å². The molecule has 152 valence electrons. The van der Waals surface area contributed by atoms with Crippen LogP contribution < -0.4 is 10.1 Å². The smallest absolute Gasteiger partial charge is 0.255 e. The van der Waals surface area contributed by atoms with E-state index in [4.69, 9.17) is 4.74 Å². The summed E-state index contributed by atoms with van der Waals surface area (Å²) in [6, 6.07) is 16.8. The van der Waals surface area contributed by atoms with Gasteiger partial charge in [0.15, 0.2) is 0 Å². The van der Waals surface area contributed by atoms with Gasteiger partial charge in [-0.3, -0.25) is 4.79 Å². The van der Waals surface area contributed by atoms with Crippen LogP contribution in [0.3, 0.4) is 0 Å². The molecule has 0 atom stereocenters. The first-order chi connectivity index (χ1) is 14.7. The van der Waals surface area contributed by atoms with E-state index >= 15 is 0 Å². The molecule has 4 rings (SSSR count). The third-order valence-electron chi connectivity index (χ3n) is 4.47. The molecule has 0 spiro atoms. The number of hydrogen-bond donors (Lipinski definition) is 1. The molecule has 0 fully saturated rings. The third-order valence-corrected chi connectivity index (χ3v) is 5.47. The van der Waals surface area contributed by atoms with Gasteiger partial charge >= 0.3 is 0 Å². The third kappa shape index (κ3) is 4.44. The Morgan fingerprint density at radius 3 is 2.60 bits per heavy atom. The largest absolute Gasteiger partial charge is 0.497 e. The van der Waals surface area contributed by atoms with Crippen LogP contribution in [-0.2, 0) is 6.42 Å². The number of methoxy groups -OCH3 is 1. The van der Waals surface area contributed by atoms with E-state index in [1.807, 2.05) is 24.3 Å². The highest BCUT2D eigenvalue weighted by Gasteiger charge is 2.10. The van der Waals surface area contributed by atoms with Crippen molar-refractivity contribution in [1.29, 1.82) is 0 Å². The fraction of sp³-hybridized carbons (Fsp3) is 0.182.